The van der Waals surface area contributed by atoms with Gasteiger partial charge >= 0.3 is 6.18 Å². The van der Waals surface area contributed by atoms with Gasteiger partial charge in [0, 0.05) is 25.5 Å². The van der Waals surface area contributed by atoms with Crippen LogP contribution >= 0.6 is 0 Å². The molecule has 2 atom stereocenters. The minimum absolute atomic E-state index is 0.0335. The van der Waals surface area contributed by atoms with E-state index in [0.717, 1.165) is 25.1 Å². The fraction of sp³-hybridized carbons (Fsp3) is 0.519. The van der Waals surface area contributed by atoms with E-state index >= 15 is 0 Å². The predicted octanol–water partition coefficient (Wildman–Crippen LogP) is 5.47. The third kappa shape index (κ3) is 7.33. The predicted molar refractivity (Wildman–Crippen MR) is 133 cm³/mol. The molecule has 2 saturated carbocycles. The normalized spacial score (nSPS) is 19.1. The summed E-state index contributed by atoms with van der Waals surface area (Å²) in [6, 6.07) is 1.36. The number of carbonyl (C=O) groups is 2. The molecule has 220 valence electrons. The van der Waals surface area contributed by atoms with Gasteiger partial charge in [-0.05, 0) is 55.2 Å². The van der Waals surface area contributed by atoms with Crippen molar-refractivity contribution in [2.24, 2.45) is 11.8 Å². The fourth-order valence-corrected chi connectivity index (χ4v) is 5.22. The van der Waals surface area contributed by atoms with Crippen LogP contribution in [0.4, 0.5) is 26.3 Å². The van der Waals surface area contributed by atoms with Crippen molar-refractivity contribution < 1.29 is 35.9 Å². The zero-order chi connectivity index (χ0) is 29.4. The monoisotopic (exact) mass is 582 g/mol. The Morgan fingerprint density at radius 2 is 1.71 bits per heavy atom. The van der Waals surface area contributed by atoms with Crippen molar-refractivity contribution in [3.63, 3.8) is 0 Å². The summed E-state index contributed by atoms with van der Waals surface area (Å²) < 4.78 is 80.7. The second-order valence-corrected chi connectivity index (χ2v) is 10.8. The van der Waals surface area contributed by atoms with Gasteiger partial charge in [-0.25, -0.2) is 22.7 Å². The van der Waals surface area contributed by atoms with Crippen LogP contribution < -0.4 is 10.6 Å². The third-order valence-corrected chi connectivity index (χ3v) is 7.57. The molecule has 0 aliphatic heterocycles. The first kappa shape index (κ1) is 28.8. The maximum atomic E-state index is 13.9. The number of carbonyl (C=O) groups excluding carboxylic acids is 2. The van der Waals surface area contributed by atoms with E-state index in [9.17, 15) is 35.9 Å². The summed E-state index contributed by atoms with van der Waals surface area (Å²) >= 11 is 0. The molecule has 3 heterocycles. The SMILES string of the molecule is O=C(CCC(F)(F)F)NC(c1cnn2cc([C@@H](NC(=O)c3cncc(F)c3)C3CCC(F)(F)CC3)nc2c1)C1CC1. The third-order valence-electron chi connectivity index (χ3n) is 7.57. The zero-order valence-electron chi connectivity index (χ0n) is 21.8. The number of rotatable bonds is 9. The van der Waals surface area contributed by atoms with Crippen LogP contribution in [0.5, 0.6) is 0 Å². The molecule has 14 heteroatoms. The number of pyridine rings is 1. The van der Waals surface area contributed by atoms with Gasteiger partial charge in [-0.3, -0.25) is 14.6 Å². The maximum Gasteiger partial charge on any atom is 0.389 e. The molecule has 0 spiro atoms. The Balaban J connectivity index is 1.39. The molecule has 2 N–H and O–H groups in total. The number of fused-ring (bicyclic) bond motifs is 1. The molecule has 2 aliphatic carbocycles. The zero-order valence-corrected chi connectivity index (χ0v) is 21.8. The van der Waals surface area contributed by atoms with Gasteiger partial charge in [0.15, 0.2) is 5.65 Å². The van der Waals surface area contributed by atoms with Gasteiger partial charge in [-0.1, -0.05) is 0 Å². The van der Waals surface area contributed by atoms with E-state index in [1.165, 1.54) is 16.9 Å². The Morgan fingerprint density at radius 1 is 1.00 bits per heavy atom. The van der Waals surface area contributed by atoms with Gasteiger partial charge in [0.2, 0.25) is 11.8 Å². The molecule has 0 radical (unpaired) electrons. The van der Waals surface area contributed by atoms with Crippen LogP contribution in [0.3, 0.4) is 0 Å². The molecular formula is C27H28F6N6O2. The highest BCUT2D eigenvalue weighted by molar-refractivity contribution is 5.94. The molecule has 41 heavy (non-hydrogen) atoms. The molecule has 3 aromatic heterocycles. The molecule has 3 aromatic rings. The first-order valence-corrected chi connectivity index (χ1v) is 13.4. The van der Waals surface area contributed by atoms with E-state index < -0.39 is 54.7 Å². The van der Waals surface area contributed by atoms with Gasteiger partial charge in [0.05, 0.1) is 48.4 Å². The van der Waals surface area contributed by atoms with Crippen molar-refractivity contribution in [3.05, 3.63) is 59.6 Å². The molecule has 5 rings (SSSR count). The number of halogens is 6. The molecule has 0 aromatic carbocycles. The van der Waals surface area contributed by atoms with Crippen LogP contribution in [-0.4, -0.2) is 43.5 Å². The maximum absolute atomic E-state index is 13.9. The van der Waals surface area contributed by atoms with Crippen LogP contribution in [0.15, 0.2) is 36.9 Å². The molecule has 8 nitrogen and oxygen atoms in total. The Labute approximate surface area is 230 Å². The van der Waals surface area contributed by atoms with Crippen molar-refractivity contribution in [1.82, 2.24) is 30.2 Å². The number of hydrogen-bond donors (Lipinski definition) is 2. The summed E-state index contributed by atoms with van der Waals surface area (Å²) in [6.07, 6.45) is 0.0178. The van der Waals surface area contributed by atoms with Crippen LogP contribution in [0.2, 0.25) is 0 Å². The molecular weight excluding hydrogens is 554 g/mol. The smallest absolute Gasteiger partial charge is 0.349 e. The topological polar surface area (TPSA) is 101 Å². The second-order valence-electron chi connectivity index (χ2n) is 10.8. The Morgan fingerprint density at radius 3 is 2.37 bits per heavy atom. The molecule has 0 saturated heterocycles. The number of alkyl halides is 5. The first-order valence-electron chi connectivity index (χ1n) is 13.4. The second kappa shape index (κ2) is 11.3. The van der Waals surface area contributed by atoms with Crippen LogP contribution in [0.25, 0.3) is 5.65 Å². The average Bonchev–Trinajstić information content (AvgIpc) is 3.66. The van der Waals surface area contributed by atoms with Crippen LogP contribution in [0, 0.1) is 17.7 Å². The van der Waals surface area contributed by atoms with Crippen molar-refractivity contribution in [3.8, 4) is 0 Å². The fourth-order valence-electron chi connectivity index (χ4n) is 5.22. The number of imidazole rings is 1. The molecule has 0 bridgehead atoms. The lowest BCUT2D eigenvalue weighted by Crippen LogP contribution is -2.37. The largest absolute Gasteiger partial charge is 0.389 e. The van der Waals surface area contributed by atoms with E-state index in [2.05, 4.69) is 25.7 Å². The van der Waals surface area contributed by atoms with Crippen molar-refractivity contribution in [1.29, 1.82) is 0 Å². The minimum atomic E-state index is -4.44. The lowest BCUT2D eigenvalue weighted by atomic mass is 9.81. The lowest BCUT2D eigenvalue weighted by molar-refractivity contribution is -0.144. The van der Waals surface area contributed by atoms with E-state index in [1.54, 1.807) is 12.3 Å². The van der Waals surface area contributed by atoms with Gasteiger partial charge in [-0.15, -0.1) is 0 Å². The molecule has 2 amide bonds. The van der Waals surface area contributed by atoms with E-state index in [0.29, 0.717) is 16.9 Å². The van der Waals surface area contributed by atoms with E-state index in [4.69, 9.17) is 0 Å². The number of nitrogens with zero attached hydrogens (tertiary/aromatic N) is 4. The first-order chi connectivity index (χ1) is 19.4. The van der Waals surface area contributed by atoms with Gasteiger partial charge in [0.1, 0.15) is 5.82 Å². The summed E-state index contributed by atoms with van der Waals surface area (Å²) in [5, 5.41) is 9.86. The molecule has 2 fully saturated rings. The molecule has 1 unspecified atom stereocenters. The summed E-state index contributed by atoms with van der Waals surface area (Å²) in [6.45, 7) is 0. The van der Waals surface area contributed by atoms with Crippen molar-refractivity contribution >= 4 is 17.5 Å². The summed E-state index contributed by atoms with van der Waals surface area (Å²) in [7, 11) is 0. The quantitative estimate of drug-likeness (QED) is 0.326. The van der Waals surface area contributed by atoms with Crippen LogP contribution in [0.1, 0.15) is 85.1 Å². The summed E-state index contributed by atoms with van der Waals surface area (Å²) in [4.78, 5) is 33.5. The summed E-state index contributed by atoms with van der Waals surface area (Å²) in [5.74, 6) is -5.18. The Kier molecular flexibility index (Phi) is 7.93. The van der Waals surface area contributed by atoms with E-state index in [-0.39, 0.29) is 43.1 Å². The average molecular weight is 583 g/mol. The number of nitrogens with one attached hydrogen (secondary N) is 2. The summed E-state index contributed by atoms with van der Waals surface area (Å²) in [5.41, 5.74) is 1.25. The number of amides is 2. The van der Waals surface area contributed by atoms with Crippen LogP contribution in [-0.2, 0) is 4.79 Å². The lowest BCUT2D eigenvalue weighted by Gasteiger charge is -2.33. The number of aromatic nitrogens is 4. The van der Waals surface area contributed by atoms with Gasteiger partial charge in [-0.2, -0.15) is 18.3 Å². The Bertz CT molecular complexity index is 1410. The number of hydrogen-bond acceptors (Lipinski definition) is 5. The highest BCUT2D eigenvalue weighted by Crippen LogP contribution is 2.43. The van der Waals surface area contributed by atoms with Gasteiger partial charge < -0.3 is 10.6 Å². The minimum Gasteiger partial charge on any atom is -0.349 e. The van der Waals surface area contributed by atoms with Crippen molar-refractivity contribution in [2.45, 2.75) is 75.5 Å². The van der Waals surface area contributed by atoms with Gasteiger partial charge in [0.25, 0.3) is 5.91 Å². The Hall–Kier alpha value is -3.71. The van der Waals surface area contributed by atoms with Crippen molar-refractivity contribution in [2.75, 3.05) is 0 Å². The highest BCUT2D eigenvalue weighted by Gasteiger charge is 2.40. The van der Waals surface area contributed by atoms with E-state index in [1.807, 2.05) is 0 Å². The highest BCUT2D eigenvalue weighted by atomic mass is 19.4. The molecule has 2 aliphatic rings. The standard InChI is InChI=1S/C27H28F6N6O2/c28-19-9-18(11-34-13-19)25(41)38-24(16-3-6-26(29,30)7-4-16)20-14-39-21(36-20)10-17(12-35-39)23(15-1-2-15)37-22(40)5-8-27(31,32)33/h9-16,23-24H,1-8H2,(H,37,40)(H,38,41)/t23?,24-/m0/s1.